The molecule has 0 unspecified atom stereocenters. The minimum Gasteiger partial charge on any atom is -0.329 e. The van der Waals surface area contributed by atoms with E-state index in [1.165, 1.54) is 23.3 Å². The summed E-state index contributed by atoms with van der Waals surface area (Å²) in [6.07, 6.45) is -1.87. The van der Waals surface area contributed by atoms with Gasteiger partial charge in [0.15, 0.2) is 0 Å². The zero-order valence-electron chi connectivity index (χ0n) is 11.2. The average Bonchev–Trinajstić information content (AvgIpc) is 3.16. The van der Waals surface area contributed by atoms with Gasteiger partial charge in [-0.25, -0.2) is 9.67 Å². The third-order valence-corrected chi connectivity index (χ3v) is 2.70. The van der Waals surface area contributed by atoms with Crippen molar-refractivity contribution in [1.82, 2.24) is 29.9 Å². The van der Waals surface area contributed by atoms with Crippen LogP contribution in [0.2, 0.25) is 0 Å². The van der Waals surface area contributed by atoms with Crippen LogP contribution in [0.15, 0.2) is 29.2 Å². The van der Waals surface area contributed by atoms with E-state index in [1.807, 2.05) is 0 Å². The van der Waals surface area contributed by atoms with E-state index < -0.39 is 12.1 Å². The Morgan fingerprint density at radius 2 is 2.09 bits per heavy atom. The van der Waals surface area contributed by atoms with E-state index >= 15 is 0 Å². The van der Waals surface area contributed by atoms with Gasteiger partial charge in [-0.3, -0.25) is 4.98 Å². The van der Waals surface area contributed by atoms with Gasteiger partial charge < -0.3 is 4.52 Å². The Balaban J connectivity index is 1.77. The number of rotatable bonds is 3. The highest BCUT2D eigenvalue weighted by molar-refractivity contribution is 5.48. The van der Waals surface area contributed by atoms with E-state index in [9.17, 15) is 13.2 Å². The minimum atomic E-state index is -4.70. The smallest absolute Gasteiger partial charge is 0.329 e. The topological polar surface area (TPSA) is 106 Å². The Kier molecular flexibility index (Phi) is 3.49. The zero-order valence-corrected chi connectivity index (χ0v) is 11.2. The molecule has 0 fully saturated rings. The number of hydrogen-bond donors (Lipinski definition) is 0. The largest absolute Gasteiger partial charge is 0.471 e. The summed E-state index contributed by atoms with van der Waals surface area (Å²) in [6, 6.07) is 4.89. The summed E-state index contributed by atoms with van der Waals surface area (Å²) in [5.41, 5.74) is 0.854. The fraction of sp³-hybridized carbons (Fsp3) is 0.167. The number of pyridine rings is 1. The molecule has 3 aromatic heterocycles. The summed E-state index contributed by atoms with van der Waals surface area (Å²) in [6.45, 7) is 0.308. The molecule has 0 radical (unpaired) electrons. The van der Waals surface area contributed by atoms with Gasteiger partial charge in [0.1, 0.15) is 18.1 Å². The van der Waals surface area contributed by atoms with Crippen molar-refractivity contribution in [2.45, 2.75) is 12.7 Å². The van der Waals surface area contributed by atoms with Crippen LogP contribution in [0.25, 0.3) is 11.5 Å². The molecule has 3 rings (SSSR count). The summed E-state index contributed by atoms with van der Waals surface area (Å²) in [7, 11) is 0. The molecule has 0 atom stereocenters. The van der Waals surface area contributed by atoms with Gasteiger partial charge in [-0.1, -0.05) is 11.2 Å². The number of hydrogen-bond acceptors (Lipinski definition) is 7. The van der Waals surface area contributed by atoms with E-state index in [0.29, 0.717) is 12.1 Å². The van der Waals surface area contributed by atoms with E-state index in [4.69, 9.17) is 5.26 Å². The lowest BCUT2D eigenvalue weighted by molar-refractivity contribution is -0.159. The summed E-state index contributed by atoms with van der Waals surface area (Å²) < 4.78 is 42.8. The number of nitrogens with zero attached hydrogens (tertiary/aromatic N) is 7. The first kappa shape index (κ1) is 14.6. The van der Waals surface area contributed by atoms with Gasteiger partial charge in [-0.05, 0) is 11.6 Å². The predicted octanol–water partition coefficient (Wildman–Crippen LogP) is 1.66. The van der Waals surface area contributed by atoms with Crippen LogP contribution in [-0.4, -0.2) is 29.9 Å². The fourth-order valence-corrected chi connectivity index (χ4v) is 1.70. The second-order valence-electron chi connectivity index (χ2n) is 4.35. The summed E-state index contributed by atoms with van der Waals surface area (Å²) in [5, 5.41) is 15.8. The Hall–Kier alpha value is -3.29. The van der Waals surface area contributed by atoms with Gasteiger partial charge in [-0.2, -0.15) is 23.4 Å². The van der Waals surface area contributed by atoms with Gasteiger partial charge in [0, 0.05) is 6.20 Å². The second kappa shape index (κ2) is 5.48. The van der Waals surface area contributed by atoms with Crippen LogP contribution in [0.5, 0.6) is 0 Å². The van der Waals surface area contributed by atoms with E-state index in [-0.39, 0.29) is 17.3 Å². The molecule has 0 saturated heterocycles. The van der Waals surface area contributed by atoms with Crippen LogP contribution < -0.4 is 0 Å². The van der Waals surface area contributed by atoms with Gasteiger partial charge in [-0.15, -0.1) is 5.10 Å². The third-order valence-electron chi connectivity index (χ3n) is 2.70. The van der Waals surface area contributed by atoms with Crippen LogP contribution in [0.1, 0.15) is 17.3 Å². The predicted molar refractivity (Wildman–Crippen MR) is 66.4 cm³/mol. The van der Waals surface area contributed by atoms with E-state index in [2.05, 4.69) is 29.7 Å². The monoisotopic (exact) mass is 321 g/mol. The van der Waals surface area contributed by atoms with Gasteiger partial charge in [0.05, 0.1) is 6.54 Å². The molecule has 0 aliphatic rings. The van der Waals surface area contributed by atoms with Crippen molar-refractivity contribution in [3.05, 3.63) is 41.9 Å². The molecular formula is C12H6F3N7O. The Bertz CT molecular complexity index is 860. The molecule has 3 aromatic rings. The Morgan fingerprint density at radius 3 is 2.65 bits per heavy atom. The second-order valence-corrected chi connectivity index (χ2v) is 4.35. The van der Waals surface area contributed by atoms with Crippen LogP contribution >= 0.6 is 0 Å². The highest BCUT2D eigenvalue weighted by atomic mass is 19.4. The maximum atomic E-state index is 12.4. The van der Waals surface area contributed by atoms with Crippen LogP contribution in [-0.2, 0) is 12.7 Å². The van der Waals surface area contributed by atoms with Crippen molar-refractivity contribution in [3.63, 3.8) is 0 Å². The lowest BCUT2D eigenvalue weighted by Crippen LogP contribution is -2.05. The first-order valence-corrected chi connectivity index (χ1v) is 6.11. The van der Waals surface area contributed by atoms with Crippen LogP contribution in [0.4, 0.5) is 13.2 Å². The lowest BCUT2D eigenvalue weighted by Gasteiger charge is -2.01. The molecule has 8 nitrogen and oxygen atoms in total. The third kappa shape index (κ3) is 3.15. The molecule has 23 heavy (non-hydrogen) atoms. The number of nitriles is 1. The highest BCUT2D eigenvalue weighted by Gasteiger charge is 2.38. The summed E-state index contributed by atoms with van der Waals surface area (Å²) >= 11 is 0. The SMILES string of the molecule is N#Cc1ncn(Cc2ccc(-c3noc(C(F)(F)F)n3)nc2)n1. The molecule has 0 aliphatic heterocycles. The maximum absolute atomic E-state index is 12.4. The Morgan fingerprint density at radius 1 is 1.26 bits per heavy atom. The first-order chi connectivity index (χ1) is 11.0. The molecule has 11 heteroatoms. The van der Waals surface area contributed by atoms with E-state index in [0.717, 1.165) is 0 Å². The van der Waals surface area contributed by atoms with Crippen molar-refractivity contribution in [2.75, 3.05) is 0 Å². The molecule has 0 aromatic carbocycles. The molecule has 0 N–H and O–H groups in total. The molecule has 0 saturated carbocycles. The normalized spacial score (nSPS) is 11.4. The van der Waals surface area contributed by atoms with Crippen molar-refractivity contribution in [2.24, 2.45) is 0 Å². The van der Waals surface area contributed by atoms with Gasteiger partial charge >= 0.3 is 12.1 Å². The maximum Gasteiger partial charge on any atom is 0.471 e. The lowest BCUT2D eigenvalue weighted by atomic mass is 10.2. The Labute approximate surface area is 126 Å². The van der Waals surface area contributed by atoms with Crippen molar-refractivity contribution in [1.29, 1.82) is 5.26 Å². The summed E-state index contributed by atoms with van der Waals surface area (Å²) in [4.78, 5) is 11.0. The quantitative estimate of drug-likeness (QED) is 0.722. The van der Waals surface area contributed by atoms with Gasteiger partial charge in [0.25, 0.3) is 5.82 Å². The molecule has 116 valence electrons. The number of aromatic nitrogens is 6. The molecular weight excluding hydrogens is 315 g/mol. The van der Waals surface area contributed by atoms with Crippen LogP contribution in [0, 0.1) is 11.3 Å². The van der Waals surface area contributed by atoms with E-state index in [1.54, 1.807) is 12.1 Å². The highest BCUT2D eigenvalue weighted by Crippen LogP contribution is 2.28. The fourth-order valence-electron chi connectivity index (χ4n) is 1.70. The molecule has 0 aliphatic carbocycles. The first-order valence-electron chi connectivity index (χ1n) is 6.11. The van der Waals surface area contributed by atoms with Gasteiger partial charge in [0.2, 0.25) is 5.82 Å². The molecule has 0 spiro atoms. The zero-order chi connectivity index (χ0) is 16.4. The van der Waals surface area contributed by atoms with Crippen molar-refractivity contribution < 1.29 is 17.7 Å². The summed E-state index contributed by atoms with van der Waals surface area (Å²) in [5.74, 6) is -1.64. The molecule has 0 amide bonds. The van der Waals surface area contributed by atoms with Crippen molar-refractivity contribution in [3.8, 4) is 17.6 Å². The molecule has 3 heterocycles. The minimum absolute atomic E-state index is 0.0426. The average molecular weight is 321 g/mol. The standard InChI is InChI=1S/C12H6F3N7O/c13-12(14,15)11-19-10(21-23-11)8-2-1-7(4-17-8)5-22-6-18-9(3-16)20-22/h1-2,4,6H,5H2. The van der Waals surface area contributed by atoms with Crippen LogP contribution in [0.3, 0.4) is 0 Å². The van der Waals surface area contributed by atoms with Crippen molar-refractivity contribution >= 4 is 0 Å². The number of alkyl halides is 3. The molecule has 0 bridgehead atoms. The number of halogens is 3.